The molecule has 32 heavy (non-hydrogen) atoms. The summed E-state index contributed by atoms with van der Waals surface area (Å²) in [6, 6.07) is 0. The molecule has 0 aliphatic heterocycles. The van der Waals surface area contributed by atoms with Crippen molar-refractivity contribution < 1.29 is 19.4 Å². The SMILES string of the molecule is CCOC(=O)CC[C@@H](C)C1CCC2C3C(CC[C@@]21C)[C@@]1(C)CCC(=O)C[C@H]1[C@@H](CC)[C@@H]3O. The molecule has 0 bridgehead atoms. The molecule has 0 aromatic carbocycles. The zero-order valence-corrected chi connectivity index (χ0v) is 21.1. The zero-order chi connectivity index (χ0) is 23.3. The lowest BCUT2D eigenvalue weighted by Gasteiger charge is -2.64. The molecule has 0 aromatic rings. The normalized spacial score (nSPS) is 46.7. The predicted octanol–water partition coefficient (Wildman–Crippen LogP) is 5.80. The Morgan fingerprint density at radius 1 is 1.09 bits per heavy atom. The molecule has 0 aromatic heterocycles. The van der Waals surface area contributed by atoms with Crippen molar-refractivity contribution in [3.8, 4) is 0 Å². The minimum absolute atomic E-state index is 0.0675. The van der Waals surface area contributed by atoms with Crippen molar-refractivity contribution in [1.29, 1.82) is 0 Å². The highest BCUT2D eigenvalue weighted by Gasteiger charge is 2.64. The first-order valence-electron chi connectivity index (χ1n) is 13.5. The van der Waals surface area contributed by atoms with E-state index in [4.69, 9.17) is 4.74 Å². The molecule has 182 valence electrons. The van der Waals surface area contributed by atoms with E-state index in [9.17, 15) is 14.7 Å². The molecule has 0 heterocycles. The maximum absolute atomic E-state index is 12.4. The third-order valence-electron chi connectivity index (χ3n) is 11.1. The van der Waals surface area contributed by atoms with Gasteiger partial charge in [0.25, 0.3) is 0 Å². The van der Waals surface area contributed by atoms with Crippen molar-refractivity contribution in [3.05, 3.63) is 0 Å². The fraction of sp³-hybridized carbons (Fsp3) is 0.929. The number of Topliss-reactive ketones (excluding diaryl/α,β-unsaturated/α-hetero) is 1. The Morgan fingerprint density at radius 2 is 1.81 bits per heavy atom. The van der Waals surface area contributed by atoms with Gasteiger partial charge in [-0.3, -0.25) is 9.59 Å². The van der Waals surface area contributed by atoms with Gasteiger partial charge in [0.1, 0.15) is 5.78 Å². The largest absolute Gasteiger partial charge is 0.466 e. The molecule has 0 radical (unpaired) electrons. The summed E-state index contributed by atoms with van der Waals surface area (Å²) in [4.78, 5) is 24.3. The number of aliphatic hydroxyl groups excluding tert-OH is 1. The van der Waals surface area contributed by atoms with Gasteiger partial charge in [-0.2, -0.15) is 0 Å². The van der Waals surface area contributed by atoms with E-state index in [1.807, 2.05) is 6.92 Å². The third kappa shape index (κ3) is 3.77. The topological polar surface area (TPSA) is 63.6 Å². The molecule has 4 fully saturated rings. The van der Waals surface area contributed by atoms with Gasteiger partial charge in [0.15, 0.2) is 0 Å². The summed E-state index contributed by atoms with van der Waals surface area (Å²) in [5.41, 5.74) is 0.454. The Labute approximate surface area is 195 Å². The summed E-state index contributed by atoms with van der Waals surface area (Å²) >= 11 is 0. The summed E-state index contributed by atoms with van der Waals surface area (Å²) in [6.07, 6.45) is 9.41. The van der Waals surface area contributed by atoms with Crippen molar-refractivity contribution in [2.75, 3.05) is 6.61 Å². The van der Waals surface area contributed by atoms with Crippen LogP contribution in [0.1, 0.15) is 98.8 Å². The van der Waals surface area contributed by atoms with Crippen LogP contribution in [0.25, 0.3) is 0 Å². The Bertz CT molecular complexity index is 718. The molecule has 4 aliphatic carbocycles. The molecule has 4 saturated carbocycles. The van der Waals surface area contributed by atoms with E-state index in [0.717, 1.165) is 25.7 Å². The van der Waals surface area contributed by atoms with E-state index in [2.05, 4.69) is 27.7 Å². The van der Waals surface area contributed by atoms with Crippen molar-refractivity contribution >= 4 is 11.8 Å². The minimum Gasteiger partial charge on any atom is -0.466 e. The second-order valence-electron chi connectivity index (χ2n) is 12.3. The molecule has 4 unspecified atom stereocenters. The number of carbonyl (C=O) groups is 2. The highest BCUT2D eigenvalue weighted by Crippen LogP contribution is 2.69. The predicted molar refractivity (Wildman–Crippen MR) is 126 cm³/mol. The van der Waals surface area contributed by atoms with E-state index < -0.39 is 0 Å². The minimum atomic E-state index is -0.271. The van der Waals surface area contributed by atoms with Gasteiger partial charge in [-0.15, -0.1) is 0 Å². The third-order valence-corrected chi connectivity index (χ3v) is 11.1. The van der Waals surface area contributed by atoms with Gasteiger partial charge >= 0.3 is 5.97 Å². The van der Waals surface area contributed by atoms with Gasteiger partial charge in [0.2, 0.25) is 0 Å². The molecule has 10 atom stereocenters. The molecule has 4 nitrogen and oxygen atoms in total. The van der Waals surface area contributed by atoms with Gasteiger partial charge in [-0.1, -0.05) is 34.1 Å². The second kappa shape index (κ2) is 9.04. The molecular weight excluding hydrogens is 400 g/mol. The number of rotatable bonds is 6. The van der Waals surface area contributed by atoms with Crippen LogP contribution in [0.4, 0.5) is 0 Å². The molecule has 0 amide bonds. The highest BCUT2D eigenvalue weighted by molar-refractivity contribution is 5.79. The molecule has 4 aliphatic rings. The first-order valence-corrected chi connectivity index (χ1v) is 13.5. The van der Waals surface area contributed by atoms with Gasteiger partial charge in [0.05, 0.1) is 12.7 Å². The molecule has 0 saturated heterocycles. The van der Waals surface area contributed by atoms with Crippen LogP contribution in [0.2, 0.25) is 0 Å². The van der Waals surface area contributed by atoms with E-state index in [-0.39, 0.29) is 28.8 Å². The molecule has 4 rings (SSSR count). The average Bonchev–Trinajstić information content (AvgIpc) is 3.11. The van der Waals surface area contributed by atoms with Crippen LogP contribution in [0, 0.1) is 52.3 Å². The number of aliphatic hydroxyl groups is 1. The summed E-state index contributed by atoms with van der Waals surface area (Å²) in [5.74, 6) is 3.56. The highest BCUT2D eigenvalue weighted by atomic mass is 16.5. The molecule has 4 heteroatoms. The first-order chi connectivity index (χ1) is 15.2. The summed E-state index contributed by atoms with van der Waals surface area (Å²) in [6.45, 7) is 11.8. The second-order valence-corrected chi connectivity index (χ2v) is 12.3. The smallest absolute Gasteiger partial charge is 0.305 e. The number of ether oxygens (including phenoxy) is 1. The lowest BCUT2D eigenvalue weighted by atomic mass is 9.41. The summed E-state index contributed by atoms with van der Waals surface area (Å²) in [5, 5.41) is 11.8. The maximum atomic E-state index is 12.4. The quantitative estimate of drug-likeness (QED) is 0.524. The van der Waals surface area contributed by atoms with E-state index >= 15 is 0 Å². The van der Waals surface area contributed by atoms with Crippen LogP contribution in [0.15, 0.2) is 0 Å². The van der Waals surface area contributed by atoms with Gasteiger partial charge in [-0.25, -0.2) is 0 Å². The number of hydrogen-bond acceptors (Lipinski definition) is 4. The average molecular weight is 447 g/mol. The van der Waals surface area contributed by atoms with E-state index in [0.29, 0.717) is 60.7 Å². The van der Waals surface area contributed by atoms with Crippen LogP contribution in [-0.2, 0) is 14.3 Å². The van der Waals surface area contributed by atoms with E-state index in [1.54, 1.807) is 0 Å². The molecular formula is C28H46O4. The van der Waals surface area contributed by atoms with Crippen molar-refractivity contribution in [3.63, 3.8) is 0 Å². The Balaban J connectivity index is 1.56. The number of carbonyl (C=O) groups excluding carboxylic acids is 2. The number of esters is 1. The summed E-state index contributed by atoms with van der Waals surface area (Å²) < 4.78 is 5.17. The fourth-order valence-corrected chi connectivity index (χ4v) is 9.52. The molecule has 0 spiro atoms. The van der Waals surface area contributed by atoms with Crippen LogP contribution < -0.4 is 0 Å². The molecule has 1 N–H and O–H groups in total. The lowest BCUT2D eigenvalue weighted by molar-refractivity contribution is -0.194. The number of hydrogen-bond donors (Lipinski definition) is 1. The maximum Gasteiger partial charge on any atom is 0.305 e. The number of ketones is 1. The Hall–Kier alpha value is -0.900. The van der Waals surface area contributed by atoms with Crippen LogP contribution in [0.5, 0.6) is 0 Å². The summed E-state index contributed by atoms with van der Waals surface area (Å²) in [7, 11) is 0. The zero-order valence-electron chi connectivity index (χ0n) is 21.1. The number of fused-ring (bicyclic) bond motifs is 5. The van der Waals surface area contributed by atoms with Crippen molar-refractivity contribution in [1.82, 2.24) is 0 Å². The standard InChI is InChI=1S/C28H46O4/c1-6-19-23-16-18(29)12-14-28(23,5)22-13-15-27(4)20(9-10-21(27)25(22)26(19)31)17(3)8-11-24(30)32-7-2/h17,19-23,25-26,31H,6-16H2,1-5H3/t17-,19-,20?,21?,22?,23+,25?,26+,27-,28-/m1/s1. The van der Waals surface area contributed by atoms with Gasteiger partial charge in [-0.05, 0) is 97.7 Å². The van der Waals surface area contributed by atoms with Gasteiger partial charge < -0.3 is 9.84 Å². The van der Waals surface area contributed by atoms with Crippen molar-refractivity contribution in [2.45, 2.75) is 105 Å². The lowest BCUT2D eigenvalue weighted by Crippen LogP contribution is -2.61. The Kier molecular flexibility index (Phi) is 6.85. The van der Waals surface area contributed by atoms with Crippen LogP contribution in [-0.4, -0.2) is 29.6 Å². The monoisotopic (exact) mass is 446 g/mol. The fourth-order valence-electron chi connectivity index (χ4n) is 9.52. The Morgan fingerprint density at radius 3 is 2.50 bits per heavy atom. The van der Waals surface area contributed by atoms with Gasteiger partial charge in [0, 0.05) is 19.3 Å². The van der Waals surface area contributed by atoms with Crippen molar-refractivity contribution in [2.24, 2.45) is 52.3 Å². The van der Waals surface area contributed by atoms with Crippen LogP contribution in [0.3, 0.4) is 0 Å². The van der Waals surface area contributed by atoms with E-state index in [1.165, 1.54) is 25.7 Å². The van der Waals surface area contributed by atoms with Crippen LogP contribution >= 0.6 is 0 Å². The first kappa shape index (κ1) is 24.2.